The summed E-state index contributed by atoms with van der Waals surface area (Å²) >= 11 is 12.0. The van der Waals surface area contributed by atoms with E-state index in [1.807, 2.05) is 32.0 Å². The fourth-order valence-corrected chi connectivity index (χ4v) is 2.75. The lowest BCUT2D eigenvalue weighted by atomic mass is 10.1. The fourth-order valence-electron chi connectivity index (χ4n) is 2.25. The van der Waals surface area contributed by atoms with Crippen molar-refractivity contribution in [2.75, 3.05) is 0 Å². The van der Waals surface area contributed by atoms with Gasteiger partial charge in [0.1, 0.15) is 0 Å². The van der Waals surface area contributed by atoms with E-state index in [1.54, 1.807) is 6.07 Å². The molecule has 0 saturated heterocycles. The van der Waals surface area contributed by atoms with E-state index >= 15 is 0 Å². The van der Waals surface area contributed by atoms with Crippen LogP contribution in [0.15, 0.2) is 24.3 Å². The van der Waals surface area contributed by atoms with Gasteiger partial charge in [-0.3, -0.25) is 4.79 Å². The van der Waals surface area contributed by atoms with E-state index in [1.165, 1.54) is 0 Å². The van der Waals surface area contributed by atoms with E-state index in [-0.39, 0.29) is 0 Å². The second kappa shape index (κ2) is 5.81. The Hall–Kier alpha value is -1.25. The first kappa shape index (κ1) is 14.2. The Balaban J connectivity index is 2.19. The molecule has 0 aliphatic rings. The maximum atomic E-state index is 10.9. The Labute approximate surface area is 123 Å². The third-order valence-electron chi connectivity index (χ3n) is 3.36. The first-order valence-electron chi connectivity index (χ1n) is 6.08. The molecule has 1 aromatic carbocycles. The average Bonchev–Trinajstić information content (AvgIpc) is 2.64. The van der Waals surface area contributed by atoms with Crippen LogP contribution in [0.2, 0.25) is 10.0 Å². The lowest BCUT2D eigenvalue weighted by molar-refractivity contribution is 0.112. The van der Waals surface area contributed by atoms with Crippen LogP contribution in [0.5, 0.6) is 0 Å². The predicted molar refractivity (Wildman–Crippen MR) is 79.5 cm³/mol. The summed E-state index contributed by atoms with van der Waals surface area (Å²) in [5, 5.41) is 1.33. The third kappa shape index (κ3) is 3.02. The van der Waals surface area contributed by atoms with Gasteiger partial charge < -0.3 is 4.57 Å². The second-order valence-electron chi connectivity index (χ2n) is 4.58. The van der Waals surface area contributed by atoms with Crippen LogP contribution in [0.4, 0.5) is 0 Å². The Morgan fingerprint density at radius 2 is 1.95 bits per heavy atom. The van der Waals surface area contributed by atoms with Crippen LogP contribution in [-0.4, -0.2) is 10.9 Å². The van der Waals surface area contributed by atoms with Crippen LogP contribution in [0.3, 0.4) is 0 Å². The molecule has 4 heteroatoms. The number of hydrogen-bond acceptors (Lipinski definition) is 1. The van der Waals surface area contributed by atoms with Gasteiger partial charge in [-0.25, -0.2) is 0 Å². The molecular formula is C15H15Cl2NO. The highest BCUT2D eigenvalue weighted by molar-refractivity contribution is 6.35. The molecule has 0 spiro atoms. The van der Waals surface area contributed by atoms with Gasteiger partial charge in [0.2, 0.25) is 0 Å². The molecule has 0 atom stereocenters. The van der Waals surface area contributed by atoms with E-state index in [4.69, 9.17) is 23.2 Å². The molecule has 0 amide bonds. The number of hydrogen-bond donors (Lipinski definition) is 0. The number of benzene rings is 1. The number of aryl methyl sites for hydroxylation is 2. The van der Waals surface area contributed by atoms with Crippen LogP contribution in [0, 0.1) is 13.8 Å². The van der Waals surface area contributed by atoms with Crippen molar-refractivity contribution in [3.05, 3.63) is 56.8 Å². The summed E-state index contributed by atoms with van der Waals surface area (Å²) in [4.78, 5) is 10.9. The van der Waals surface area contributed by atoms with Crippen molar-refractivity contribution in [2.24, 2.45) is 0 Å². The minimum atomic E-state index is 0.644. The summed E-state index contributed by atoms with van der Waals surface area (Å²) in [5.41, 5.74) is 3.90. The van der Waals surface area contributed by atoms with Crippen molar-refractivity contribution in [3.8, 4) is 0 Å². The number of nitrogens with zero attached hydrogens (tertiary/aromatic N) is 1. The Morgan fingerprint density at radius 3 is 2.53 bits per heavy atom. The normalized spacial score (nSPS) is 10.7. The molecule has 2 aromatic rings. The molecule has 100 valence electrons. The quantitative estimate of drug-likeness (QED) is 0.763. The molecule has 0 radical (unpaired) electrons. The summed E-state index contributed by atoms with van der Waals surface area (Å²) in [6, 6.07) is 7.45. The maximum Gasteiger partial charge on any atom is 0.151 e. The van der Waals surface area contributed by atoms with Crippen LogP contribution in [0.25, 0.3) is 0 Å². The summed E-state index contributed by atoms with van der Waals surface area (Å²) in [7, 11) is 0. The molecule has 1 aromatic heterocycles. The number of halogens is 2. The number of rotatable bonds is 4. The first-order valence-corrected chi connectivity index (χ1v) is 6.84. The van der Waals surface area contributed by atoms with Crippen molar-refractivity contribution in [2.45, 2.75) is 26.8 Å². The van der Waals surface area contributed by atoms with Crippen LogP contribution in [0.1, 0.15) is 27.3 Å². The van der Waals surface area contributed by atoms with Crippen LogP contribution in [-0.2, 0) is 13.0 Å². The topological polar surface area (TPSA) is 22.0 Å². The molecule has 0 saturated carbocycles. The van der Waals surface area contributed by atoms with Gasteiger partial charge in [0.25, 0.3) is 0 Å². The Bertz CT molecular complexity index is 617. The molecule has 2 rings (SSSR count). The monoisotopic (exact) mass is 295 g/mol. The van der Waals surface area contributed by atoms with E-state index < -0.39 is 0 Å². The highest BCUT2D eigenvalue weighted by atomic mass is 35.5. The molecule has 0 aliphatic heterocycles. The van der Waals surface area contributed by atoms with Crippen LogP contribution >= 0.6 is 23.2 Å². The second-order valence-corrected chi connectivity index (χ2v) is 5.43. The van der Waals surface area contributed by atoms with Gasteiger partial charge in [-0.1, -0.05) is 29.3 Å². The van der Waals surface area contributed by atoms with Gasteiger partial charge in [0.05, 0.1) is 0 Å². The lowest BCUT2D eigenvalue weighted by Crippen LogP contribution is -2.05. The van der Waals surface area contributed by atoms with Crippen molar-refractivity contribution < 1.29 is 4.79 Å². The lowest BCUT2D eigenvalue weighted by Gasteiger charge is -2.10. The SMILES string of the molecule is Cc1cc(C=O)c(C)n1CCc1ccc(Cl)cc1Cl. The largest absolute Gasteiger partial charge is 0.348 e. The van der Waals surface area contributed by atoms with Crippen LogP contribution < -0.4 is 0 Å². The van der Waals surface area contributed by atoms with Gasteiger partial charge in [0, 0.05) is 33.5 Å². The number of carbonyl (C=O) groups is 1. The molecule has 1 heterocycles. The van der Waals surface area contributed by atoms with Crippen molar-refractivity contribution >= 4 is 29.5 Å². The summed E-state index contributed by atoms with van der Waals surface area (Å²) in [6.45, 7) is 4.76. The fraction of sp³-hybridized carbons (Fsp3) is 0.267. The van der Waals surface area contributed by atoms with Crippen molar-refractivity contribution in [1.82, 2.24) is 4.57 Å². The molecule has 0 unspecified atom stereocenters. The zero-order valence-electron chi connectivity index (χ0n) is 10.9. The third-order valence-corrected chi connectivity index (χ3v) is 3.95. The van der Waals surface area contributed by atoms with E-state index in [0.717, 1.165) is 41.8 Å². The minimum Gasteiger partial charge on any atom is -0.348 e. The average molecular weight is 296 g/mol. The number of aromatic nitrogens is 1. The Kier molecular flexibility index (Phi) is 4.33. The number of aldehydes is 1. The maximum absolute atomic E-state index is 10.9. The molecule has 2 nitrogen and oxygen atoms in total. The standard InChI is InChI=1S/C15H15Cl2NO/c1-10-7-13(9-19)11(2)18(10)6-5-12-3-4-14(16)8-15(12)17/h3-4,7-9H,5-6H2,1-2H3. The smallest absolute Gasteiger partial charge is 0.151 e. The molecule has 19 heavy (non-hydrogen) atoms. The highest BCUT2D eigenvalue weighted by Gasteiger charge is 2.09. The van der Waals surface area contributed by atoms with Gasteiger partial charge >= 0.3 is 0 Å². The molecule has 0 N–H and O–H groups in total. The molecule has 0 fully saturated rings. The summed E-state index contributed by atoms with van der Waals surface area (Å²) in [6.07, 6.45) is 1.71. The number of carbonyl (C=O) groups excluding carboxylic acids is 1. The van der Waals surface area contributed by atoms with Crippen molar-refractivity contribution in [1.29, 1.82) is 0 Å². The zero-order chi connectivity index (χ0) is 14.0. The van der Waals surface area contributed by atoms with Gasteiger partial charge in [0.15, 0.2) is 6.29 Å². The van der Waals surface area contributed by atoms with E-state index in [9.17, 15) is 4.79 Å². The van der Waals surface area contributed by atoms with Gasteiger partial charge in [-0.2, -0.15) is 0 Å². The predicted octanol–water partition coefficient (Wildman–Crippen LogP) is 4.47. The van der Waals surface area contributed by atoms with Crippen molar-refractivity contribution in [3.63, 3.8) is 0 Å². The molecule has 0 bridgehead atoms. The summed E-state index contributed by atoms with van der Waals surface area (Å²) in [5.74, 6) is 0. The van der Waals surface area contributed by atoms with Gasteiger partial charge in [-0.15, -0.1) is 0 Å². The van der Waals surface area contributed by atoms with E-state index in [0.29, 0.717) is 10.0 Å². The highest BCUT2D eigenvalue weighted by Crippen LogP contribution is 2.22. The molecular weight excluding hydrogens is 281 g/mol. The van der Waals surface area contributed by atoms with Gasteiger partial charge in [-0.05, 0) is 44.0 Å². The minimum absolute atomic E-state index is 0.644. The molecule has 0 aliphatic carbocycles. The summed E-state index contributed by atoms with van der Waals surface area (Å²) < 4.78 is 2.13. The van der Waals surface area contributed by atoms with E-state index in [2.05, 4.69) is 4.57 Å². The zero-order valence-corrected chi connectivity index (χ0v) is 12.4. The first-order chi connectivity index (χ1) is 9.02. The Morgan fingerprint density at radius 1 is 1.21 bits per heavy atom.